The number of hydrogen-bond donors (Lipinski definition) is 1. The summed E-state index contributed by atoms with van der Waals surface area (Å²) in [6.45, 7) is 3.06. The van der Waals surface area contributed by atoms with Crippen molar-refractivity contribution in [2.24, 2.45) is 0 Å². The summed E-state index contributed by atoms with van der Waals surface area (Å²) >= 11 is 1.73. The molecule has 0 bridgehead atoms. The lowest BCUT2D eigenvalue weighted by molar-refractivity contribution is 0.415. The second-order valence-electron chi connectivity index (χ2n) is 4.02. The van der Waals surface area contributed by atoms with Gasteiger partial charge in [-0.25, -0.2) is 0 Å². The lowest BCUT2D eigenvalue weighted by Crippen LogP contribution is -2.22. The molecule has 0 fully saturated rings. The fourth-order valence-electron chi connectivity index (χ4n) is 1.87. The molecule has 1 atom stereocenters. The molecule has 0 spiro atoms. The average molecular weight is 262 g/mol. The minimum absolute atomic E-state index is 0.304. The quantitative estimate of drug-likeness (QED) is 0.869. The SMILES string of the molecule is CCNC(Cc1ccccn1)c1cc(OC)cs1. The fourth-order valence-corrected chi connectivity index (χ4v) is 2.80. The van der Waals surface area contributed by atoms with E-state index in [0.717, 1.165) is 24.4 Å². The Bertz CT molecular complexity index is 470. The minimum Gasteiger partial charge on any atom is -0.496 e. The maximum Gasteiger partial charge on any atom is 0.129 e. The first-order valence-electron chi connectivity index (χ1n) is 6.09. The summed E-state index contributed by atoms with van der Waals surface area (Å²) in [5.41, 5.74) is 1.11. The number of hydrogen-bond acceptors (Lipinski definition) is 4. The second kappa shape index (κ2) is 6.52. The molecule has 2 rings (SSSR count). The van der Waals surface area contributed by atoms with Gasteiger partial charge in [-0.2, -0.15) is 0 Å². The summed E-state index contributed by atoms with van der Waals surface area (Å²) in [4.78, 5) is 5.68. The standard InChI is InChI=1S/C14H18N2OS/c1-3-15-13(8-11-6-4-5-7-16-11)14-9-12(17-2)10-18-14/h4-7,9-10,13,15H,3,8H2,1-2H3. The number of nitrogens with zero attached hydrogens (tertiary/aromatic N) is 1. The first kappa shape index (κ1) is 13.1. The maximum atomic E-state index is 5.24. The van der Waals surface area contributed by atoms with E-state index in [4.69, 9.17) is 4.74 Å². The van der Waals surface area contributed by atoms with Gasteiger partial charge in [0.05, 0.1) is 7.11 Å². The molecule has 0 aliphatic rings. The van der Waals surface area contributed by atoms with E-state index in [9.17, 15) is 0 Å². The summed E-state index contributed by atoms with van der Waals surface area (Å²) < 4.78 is 5.24. The van der Waals surface area contributed by atoms with Gasteiger partial charge in [-0.15, -0.1) is 11.3 Å². The van der Waals surface area contributed by atoms with Crippen LogP contribution < -0.4 is 10.1 Å². The zero-order chi connectivity index (χ0) is 12.8. The van der Waals surface area contributed by atoms with Crippen molar-refractivity contribution < 1.29 is 4.74 Å². The third-order valence-electron chi connectivity index (χ3n) is 2.76. The molecule has 1 unspecified atom stereocenters. The van der Waals surface area contributed by atoms with Crippen LogP contribution >= 0.6 is 11.3 Å². The highest BCUT2D eigenvalue weighted by atomic mass is 32.1. The highest BCUT2D eigenvalue weighted by Crippen LogP contribution is 2.28. The third-order valence-corrected chi connectivity index (χ3v) is 3.79. The number of ether oxygens (including phenoxy) is 1. The molecule has 0 saturated heterocycles. The van der Waals surface area contributed by atoms with Gasteiger partial charge in [0.1, 0.15) is 5.75 Å². The smallest absolute Gasteiger partial charge is 0.129 e. The van der Waals surface area contributed by atoms with Gasteiger partial charge in [-0.05, 0) is 24.7 Å². The van der Waals surface area contributed by atoms with Crippen molar-refractivity contribution in [2.75, 3.05) is 13.7 Å². The zero-order valence-corrected chi connectivity index (χ0v) is 11.5. The molecular weight excluding hydrogens is 244 g/mol. The Kier molecular flexibility index (Phi) is 4.73. The first-order chi connectivity index (χ1) is 8.83. The van der Waals surface area contributed by atoms with Crippen molar-refractivity contribution in [1.29, 1.82) is 0 Å². The predicted octanol–water partition coefficient (Wildman–Crippen LogP) is 3.05. The zero-order valence-electron chi connectivity index (χ0n) is 10.7. The van der Waals surface area contributed by atoms with Crippen LogP contribution in [0, 0.1) is 0 Å². The Morgan fingerprint density at radius 1 is 1.44 bits per heavy atom. The summed E-state index contributed by atoms with van der Waals surface area (Å²) in [6, 6.07) is 8.44. The van der Waals surface area contributed by atoms with E-state index in [1.165, 1.54) is 4.88 Å². The summed E-state index contributed by atoms with van der Waals surface area (Å²) in [5.74, 6) is 0.930. The molecule has 2 aromatic rings. The van der Waals surface area contributed by atoms with Gasteiger partial charge in [-0.1, -0.05) is 13.0 Å². The summed E-state index contributed by atoms with van der Waals surface area (Å²) in [5, 5.41) is 5.54. The van der Waals surface area contributed by atoms with Gasteiger partial charge in [0, 0.05) is 34.6 Å². The van der Waals surface area contributed by atoms with E-state index in [0.29, 0.717) is 6.04 Å². The molecule has 0 radical (unpaired) electrons. The van der Waals surface area contributed by atoms with Crippen molar-refractivity contribution in [1.82, 2.24) is 10.3 Å². The Labute approximate surface area is 112 Å². The number of likely N-dealkylation sites (N-methyl/N-ethyl adjacent to an activating group) is 1. The van der Waals surface area contributed by atoms with Gasteiger partial charge in [0.25, 0.3) is 0 Å². The molecule has 0 aliphatic carbocycles. The summed E-state index contributed by atoms with van der Waals surface area (Å²) in [6.07, 6.45) is 2.74. The highest BCUT2D eigenvalue weighted by molar-refractivity contribution is 7.10. The molecule has 2 heterocycles. The molecule has 1 N–H and O–H groups in total. The number of methoxy groups -OCH3 is 1. The number of thiophene rings is 1. The van der Waals surface area contributed by atoms with E-state index < -0.39 is 0 Å². The van der Waals surface area contributed by atoms with Crippen LogP contribution in [-0.4, -0.2) is 18.6 Å². The van der Waals surface area contributed by atoms with Crippen molar-refractivity contribution >= 4 is 11.3 Å². The van der Waals surface area contributed by atoms with Gasteiger partial charge in [0.2, 0.25) is 0 Å². The normalized spacial score (nSPS) is 12.3. The van der Waals surface area contributed by atoms with Crippen LogP contribution in [0.4, 0.5) is 0 Å². The molecular formula is C14H18N2OS. The Morgan fingerprint density at radius 3 is 2.94 bits per heavy atom. The molecule has 2 aromatic heterocycles. The van der Waals surface area contributed by atoms with Crippen LogP contribution in [0.3, 0.4) is 0 Å². The molecule has 0 aliphatic heterocycles. The van der Waals surface area contributed by atoms with Crippen LogP contribution in [0.25, 0.3) is 0 Å². The van der Waals surface area contributed by atoms with E-state index in [-0.39, 0.29) is 0 Å². The first-order valence-corrected chi connectivity index (χ1v) is 6.97. The van der Waals surface area contributed by atoms with E-state index in [2.05, 4.69) is 29.4 Å². The van der Waals surface area contributed by atoms with Crippen LogP contribution in [0.15, 0.2) is 35.8 Å². The van der Waals surface area contributed by atoms with E-state index >= 15 is 0 Å². The monoisotopic (exact) mass is 262 g/mol. The number of nitrogens with one attached hydrogen (secondary N) is 1. The number of pyridine rings is 1. The van der Waals surface area contributed by atoms with E-state index in [1.54, 1.807) is 18.4 Å². The molecule has 0 amide bonds. The number of aromatic nitrogens is 1. The highest BCUT2D eigenvalue weighted by Gasteiger charge is 2.14. The van der Waals surface area contributed by atoms with Crippen LogP contribution in [0.2, 0.25) is 0 Å². The Balaban J connectivity index is 2.12. The van der Waals surface area contributed by atoms with Crippen LogP contribution in [0.5, 0.6) is 5.75 Å². The van der Waals surface area contributed by atoms with Crippen molar-refractivity contribution in [2.45, 2.75) is 19.4 Å². The maximum absolute atomic E-state index is 5.24. The Hall–Kier alpha value is -1.39. The second-order valence-corrected chi connectivity index (χ2v) is 4.97. The molecule has 4 heteroatoms. The molecule has 3 nitrogen and oxygen atoms in total. The topological polar surface area (TPSA) is 34.2 Å². The van der Waals surface area contributed by atoms with Crippen LogP contribution in [0.1, 0.15) is 23.5 Å². The molecule has 96 valence electrons. The minimum atomic E-state index is 0.304. The average Bonchev–Trinajstić information content (AvgIpc) is 2.88. The summed E-state index contributed by atoms with van der Waals surface area (Å²) in [7, 11) is 1.70. The lowest BCUT2D eigenvalue weighted by Gasteiger charge is -2.15. The lowest BCUT2D eigenvalue weighted by atomic mass is 10.1. The van der Waals surface area contributed by atoms with E-state index in [1.807, 2.05) is 23.7 Å². The van der Waals surface area contributed by atoms with Crippen molar-refractivity contribution in [3.63, 3.8) is 0 Å². The van der Waals surface area contributed by atoms with Gasteiger partial charge in [0.15, 0.2) is 0 Å². The van der Waals surface area contributed by atoms with Gasteiger partial charge in [-0.3, -0.25) is 4.98 Å². The molecule has 0 aromatic carbocycles. The van der Waals surface area contributed by atoms with Gasteiger partial charge < -0.3 is 10.1 Å². The largest absolute Gasteiger partial charge is 0.496 e. The van der Waals surface area contributed by atoms with Gasteiger partial charge >= 0.3 is 0 Å². The predicted molar refractivity (Wildman–Crippen MR) is 75.2 cm³/mol. The van der Waals surface area contributed by atoms with Crippen LogP contribution in [-0.2, 0) is 6.42 Å². The molecule has 18 heavy (non-hydrogen) atoms. The Morgan fingerprint density at radius 2 is 2.33 bits per heavy atom. The van der Waals surface area contributed by atoms with Crippen molar-refractivity contribution in [3.05, 3.63) is 46.4 Å². The number of rotatable bonds is 6. The molecule has 0 saturated carbocycles. The fraction of sp³-hybridized carbons (Fsp3) is 0.357. The van der Waals surface area contributed by atoms with Crippen molar-refractivity contribution in [3.8, 4) is 5.75 Å². The third kappa shape index (κ3) is 3.31.